The van der Waals surface area contributed by atoms with Gasteiger partial charge >= 0.3 is 0 Å². The number of hydrogen-bond donors (Lipinski definition) is 3. The van der Waals surface area contributed by atoms with Crippen LogP contribution in [0.3, 0.4) is 0 Å². The van der Waals surface area contributed by atoms with Gasteiger partial charge in [-0.05, 0) is 13.8 Å². The topological polar surface area (TPSA) is 111 Å². The highest BCUT2D eigenvalue weighted by atomic mass is 16.3. The van der Waals surface area contributed by atoms with Crippen LogP contribution in [0.1, 0.15) is 24.5 Å². The third-order valence-corrected chi connectivity index (χ3v) is 2.98. The zero-order valence-electron chi connectivity index (χ0n) is 11.3. The summed E-state index contributed by atoms with van der Waals surface area (Å²) in [6, 6.07) is 0. The lowest BCUT2D eigenvalue weighted by atomic mass is 10.1. The van der Waals surface area contributed by atoms with Crippen LogP contribution in [0.4, 0.5) is 5.95 Å². The van der Waals surface area contributed by atoms with Gasteiger partial charge in [-0.1, -0.05) is 0 Å². The second-order valence-corrected chi connectivity index (χ2v) is 5.42. The zero-order valence-corrected chi connectivity index (χ0v) is 11.3. The van der Waals surface area contributed by atoms with Crippen molar-refractivity contribution in [2.75, 3.05) is 38.5 Å². The number of nitrogens with two attached hydrogens (primary N) is 1. The molecule has 1 aliphatic rings. The zero-order chi connectivity index (χ0) is 14.0. The molecule has 0 unspecified atom stereocenters. The van der Waals surface area contributed by atoms with E-state index in [4.69, 9.17) is 5.73 Å². The Hall–Kier alpha value is -1.67. The molecule has 0 saturated carbocycles. The Bertz CT molecular complexity index is 444. The van der Waals surface area contributed by atoms with Crippen molar-refractivity contribution < 1.29 is 9.90 Å². The average molecular weight is 268 g/mol. The van der Waals surface area contributed by atoms with Gasteiger partial charge in [-0.2, -0.15) is 4.98 Å². The molecule has 1 aliphatic heterocycles. The number of carbonyl (C=O) groups excluding carboxylic acids is 1. The van der Waals surface area contributed by atoms with E-state index in [-0.39, 0.29) is 17.7 Å². The number of anilines is 1. The van der Waals surface area contributed by atoms with Crippen LogP contribution in [0.5, 0.6) is 0 Å². The van der Waals surface area contributed by atoms with Crippen LogP contribution < -0.4 is 5.73 Å². The van der Waals surface area contributed by atoms with Crippen LogP contribution in [0, 0.1) is 0 Å². The Kier molecular flexibility index (Phi) is 3.72. The fourth-order valence-electron chi connectivity index (χ4n) is 2.18. The number of amides is 1. The normalized spacial score (nSPS) is 17.7. The summed E-state index contributed by atoms with van der Waals surface area (Å²) in [6.07, 6.45) is 0. The van der Waals surface area contributed by atoms with Gasteiger partial charge in [-0.3, -0.25) is 14.8 Å². The van der Waals surface area contributed by atoms with E-state index >= 15 is 0 Å². The molecule has 8 heteroatoms. The highest BCUT2D eigenvalue weighted by molar-refractivity contribution is 5.90. The molecule has 8 nitrogen and oxygen atoms in total. The minimum atomic E-state index is -0.717. The summed E-state index contributed by atoms with van der Waals surface area (Å²) >= 11 is 0. The predicted octanol–water partition coefficient (Wildman–Crippen LogP) is -1.08. The van der Waals surface area contributed by atoms with Gasteiger partial charge in [0.25, 0.3) is 5.91 Å². The quantitative estimate of drug-likeness (QED) is 0.642. The molecule has 0 atom stereocenters. The third kappa shape index (κ3) is 3.65. The number of H-pyrrole nitrogens is 1. The Balaban J connectivity index is 1.88. The molecule has 1 fully saturated rings. The van der Waals surface area contributed by atoms with Crippen molar-refractivity contribution in [3.05, 3.63) is 5.82 Å². The molecule has 0 aromatic carbocycles. The highest BCUT2D eigenvalue weighted by Gasteiger charge is 2.26. The van der Waals surface area contributed by atoms with E-state index in [2.05, 4.69) is 20.1 Å². The lowest BCUT2D eigenvalue weighted by Gasteiger charge is -2.36. The second kappa shape index (κ2) is 5.14. The van der Waals surface area contributed by atoms with E-state index in [0.29, 0.717) is 19.6 Å². The first-order chi connectivity index (χ1) is 8.85. The van der Waals surface area contributed by atoms with Crippen molar-refractivity contribution >= 4 is 11.9 Å². The van der Waals surface area contributed by atoms with E-state index in [0.717, 1.165) is 13.1 Å². The van der Waals surface area contributed by atoms with Crippen LogP contribution in [-0.2, 0) is 0 Å². The molecule has 1 amide bonds. The number of nitrogens with one attached hydrogen (secondary N) is 1. The third-order valence-electron chi connectivity index (χ3n) is 2.98. The van der Waals surface area contributed by atoms with Gasteiger partial charge in [0, 0.05) is 32.7 Å². The van der Waals surface area contributed by atoms with Crippen molar-refractivity contribution in [2.45, 2.75) is 19.4 Å². The van der Waals surface area contributed by atoms with Crippen molar-refractivity contribution in [1.29, 1.82) is 0 Å². The molecule has 2 heterocycles. The second-order valence-electron chi connectivity index (χ2n) is 5.42. The fourth-order valence-corrected chi connectivity index (χ4v) is 2.18. The molecule has 4 N–H and O–H groups in total. The number of β-amino-alcohol motifs (C(OH)–C–C–N with tert-alkyl or cyclic N) is 1. The fraction of sp³-hybridized carbons (Fsp3) is 0.727. The lowest BCUT2D eigenvalue weighted by Crippen LogP contribution is -2.52. The van der Waals surface area contributed by atoms with E-state index in [1.54, 1.807) is 18.7 Å². The Labute approximate surface area is 111 Å². The lowest BCUT2D eigenvalue weighted by molar-refractivity contribution is 0.0176. The van der Waals surface area contributed by atoms with Crippen LogP contribution in [0.2, 0.25) is 0 Å². The van der Waals surface area contributed by atoms with Crippen LogP contribution in [0.15, 0.2) is 0 Å². The first-order valence-electron chi connectivity index (χ1n) is 6.27. The van der Waals surface area contributed by atoms with Gasteiger partial charge in [0.15, 0.2) is 0 Å². The van der Waals surface area contributed by atoms with Gasteiger partial charge in [0.05, 0.1) is 5.60 Å². The molecule has 106 valence electrons. The SMILES string of the molecule is CC(C)(O)CN1CCN(C(=O)c2nc(N)n[nH]2)CC1. The number of piperazine rings is 1. The van der Waals surface area contributed by atoms with Crippen LogP contribution in [-0.4, -0.2) is 74.3 Å². The number of nitrogens with zero attached hydrogens (tertiary/aromatic N) is 4. The molecule has 0 spiro atoms. The van der Waals surface area contributed by atoms with Crippen LogP contribution >= 0.6 is 0 Å². The van der Waals surface area contributed by atoms with Crippen molar-refractivity contribution in [1.82, 2.24) is 25.0 Å². The minimum absolute atomic E-state index is 0.0732. The summed E-state index contributed by atoms with van der Waals surface area (Å²) in [7, 11) is 0. The standard InChI is InChI=1S/C11H20N6O2/c1-11(2,19)7-16-3-5-17(6-4-16)9(18)8-13-10(12)15-14-8/h19H,3-7H2,1-2H3,(H3,12,13,14,15). The maximum atomic E-state index is 12.1. The van der Waals surface area contributed by atoms with E-state index in [1.807, 2.05) is 0 Å². The molecular formula is C11H20N6O2. The Morgan fingerprint density at radius 1 is 1.42 bits per heavy atom. The highest BCUT2D eigenvalue weighted by Crippen LogP contribution is 2.10. The van der Waals surface area contributed by atoms with Gasteiger partial charge < -0.3 is 15.7 Å². The number of nitrogen functional groups attached to an aromatic ring is 1. The molecule has 0 radical (unpaired) electrons. The Morgan fingerprint density at radius 3 is 2.53 bits per heavy atom. The molecule has 1 aromatic heterocycles. The van der Waals surface area contributed by atoms with Gasteiger partial charge in [-0.15, -0.1) is 5.10 Å². The van der Waals surface area contributed by atoms with Gasteiger partial charge in [0.2, 0.25) is 11.8 Å². The minimum Gasteiger partial charge on any atom is -0.389 e. The summed E-state index contributed by atoms with van der Waals surface area (Å²) < 4.78 is 0. The van der Waals surface area contributed by atoms with E-state index in [9.17, 15) is 9.90 Å². The molecule has 0 aliphatic carbocycles. The molecule has 1 saturated heterocycles. The number of aromatic nitrogens is 3. The molecular weight excluding hydrogens is 248 g/mol. The predicted molar refractivity (Wildman–Crippen MR) is 69.4 cm³/mol. The summed E-state index contributed by atoms with van der Waals surface area (Å²) in [4.78, 5) is 19.8. The molecule has 2 rings (SSSR count). The van der Waals surface area contributed by atoms with Gasteiger partial charge in [0.1, 0.15) is 0 Å². The molecule has 19 heavy (non-hydrogen) atoms. The maximum absolute atomic E-state index is 12.1. The Morgan fingerprint density at radius 2 is 2.05 bits per heavy atom. The molecule has 0 bridgehead atoms. The van der Waals surface area contributed by atoms with Crippen molar-refractivity contribution in [2.24, 2.45) is 0 Å². The van der Waals surface area contributed by atoms with E-state index in [1.165, 1.54) is 0 Å². The maximum Gasteiger partial charge on any atom is 0.291 e. The average Bonchev–Trinajstić information content (AvgIpc) is 2.74. The van der Waals surface area contributed by atoms with E-state index < -0.39 is 5.60 Å². The largest absolute Gasteiger partial charge is 0.389 e. The number of hydrogen-bond acceptors (Lipinski definition) is 6. The first-order valence-corrected chi connectivity index (χ1v) is 6.27. The van der Waals surface area contributed by atoms with Gasteiger partial charge in [-0.25, -0.2) is 0 Å². The molecule has 1 aromatic rings. The van der Waals surface area contributed by atoms with Crippen LogP contribution in [0.25, 0.3) is 0 Å². The summed E-state index contributed by atoms with van der Waals surface area (Å²) in [5, 5.41) is 15.9. The summed E-state index contributed by atoms with van der Waals surface area (Å²) in [6.45, 7) is 6.84. The first kappa shape index (κ1) is 13.8. The summed E-state index contributed by atoms with van der Waals surface area (Å²) in [5.74, 6) is 0.0598. The van der Waals surface area contributed by atoms with Crippen molar-refractivity contribution in [3.8, 4) is 0 Å². The number of rotatable bonds is 3. The smallest absolute Gasteiger partial charge is 0.291 e. The monoisotopic (exact) mass is 268 g/mol. The number of carbonyl (C=O) groups is 1. The van der Waals surface area contributed by atoms with Crippen molar-refractivity contribution in [3.63, 3.8) is 0 Å². The number of aromatic amines is 1. The number of aliphatic hydroxyl groups is 1. The summed E-state index contributed by atoms with van der Waals surface area (Å²) in [5.41, 5.74) is 4.66.